The zero-order valence-electron chi connectivity index (χ0n) is 61.8. The lowest BCUT2D eigenvalue weighted by atomic mass is 10.0. The van der Waals surface area contributed by atoms with Crippen LogP contribution < -0.4 is 24.7 Å². The number of anilines is 1. The quantitative estimate of drug-likeness (QED) is 0.0836. The smallest absolute Gasteiger partial charge is 0.343 e. The van der Waals surface area contributed by atoms with E-state index in [-0.39, 0.29) is 146 Å². The Labute approximate surface area is 647 Å². The van der Waals surface area contributed by atoms with Crippen LogP contribution in [0.4, 0.5) is 5.69 Å². The molecule has 8 aliphatic heterocycles. The Morgan fingerprint density at radius 1 is 0.278 bits per heavy atom. The predicted octanol–water partition coefficient (Wildman–Crippen LogP) is 4.94. The van der Waals surface area contributed by atoms with Crippen molar-refractivity contribution in [2.45, 2.75) is 20.5 Å². The highest BCUT2D eigenvalue weighted by Crippen LogP contribution is 2.39. The molecule has 0 saturated carbocycles. The molecule has 35 heteroatoms. The zero-order chi connectivity index (χ0) is 84.0. The van der Waals surface area contributed by atoms with Crippen LogP contribution in [0.2, 0.25) is 0 Å². The van der Waals surface area contributed by atoms with Gasteiger partial charge < -0.3 is 34.6 Å². The normalized spacial score (nSPS) is 15.0. The molecule has 0 atom stereocenters. The fourth-order valence-electron chi connectivity index (χ4n) is 13.3. The summed E-state index contributed by atoms with van der Waals surface area (Å²) in [6.07, 6.45) is 0. The number of nitrogens with zero attached hydrogens (tertiary/aromatic N) is 8. The molecule has 16 amide bonds. The lowest BCUT2D eigenvalue weighted by Gasteiger charge is -2.11. The zero-order valence-corrected chi connectivity index (χ0v) is 61.8. The molecule has 0 aromatic heterocycles. The van der Waals surface area contributed by atoms with Crippen LogP contribution in [0.3, 0.4) is 0 Å². The molecule has 0 spiro atoms. The molecule has 578 valence electrons. The van der Waals surface area contributed by atoms with Gasteiger partial charge in [0.2, 0.25) is 0 Å². The molecular formula is C80H57N9O26. The summed E-state index contributed by atoms with van der Waals surface area (Å²) in [5.41, 5.74) is 9.27. The van der Waals surface area contributed by atoms with E-state index in [0.29, 0.717) is 11.1 Å². The van der Waals surface area contributed by atoms with Crippen molar-refractivity contribution in [2.75, 3.05) is 62.1 Å². The Kier molecular flexibility index (Phi) is 20.2. The van der Waals surface area contributed by atoms with E-state index in [1.807, 2.05) is 6.79 Å². The molecule has 0 bridgehead atoms. The van der Waals surface area contributed by atoms with Gasteiger partial charge in [-0.05, 0) is 135 Å². The third kappa shape index (κ3) is 12.8. The van der Waals surface area contributed by atoms with Gasteiger partial charge in [-0.3, -0.25) is 116 Å². The summed E-state index contributed by atoms with van der Waals surface area (Å²) in [6.45, 7) is 4.55. The summed E-state index contributed by atoms with van der Waals surface area (Å²) in [4.78, 5) is 259. The molecule has 0 radical (unpaired) electrons. The van der Waals surface area contributed by atoms with E-state index in [2.05, 4.69) is 0 Å². The molecule has 8 aromatic carbocycles. The fraction of sp³-hybridized carbons (Fsp3) is 0.138. The summed E-state index contributed by atoms with van der Waals surface area (Å²) < 4.78 is 21.4. The van der Waals surface area contributed by atoms with Crippen LogP contribution in [0.15, 0.2) is 121 Å². The van der Waals surface area contributed by atoms with Crippen LogP contribution in [-0.2, 0) is 11.4 Å². The summed E-state index contributed by atoms with van der Waals surface area (Å²) in [6, 6.07) is 27.3. The Bertz CT molecular complexity index is 5590. The number of nitrogen functional groups attached to an aromatic ring is 1. The Morgan fingerprint density at radius 3 is 0.774 bits per heavy atom. The van der Waals surface area contributed by atoms with Gasteiger partial charge in [0, 0.05) is 73.1 Å². The van der Waals surface area contributed by atoms with E-state index in [9.17, 15) is 101 Å². The van der Waals surface area contributed by atoms with Gasteiger partial charge in [-0.2, -0.15) is 0 Å². The Hall–Kier alpha value is -15.8. The molecule has 8 aliphatic rings. The first-order valence-corrected chi connectivity index (χ1v) is 33.7. The first kappa shape index (κ1) is 78.8. The third-order valence-corrected chi connectivity index (χ3v) is 19.8. The van der Waals surface area contributed by atoms with Gasteiger partial charge in [-0.1, -0.05) is 0 Å². The number of imide groups is 8. The number of rotatable bonds is 9. The van der Waals surface area contributed by atoms with Crippen molar-refractivity contribution in [3.63, 3.8) is 0 Å². The molecule has 0 unspecified atom stereocenters. The minimum absolute atomic E-state index is 0.0124. The molecule has 0 aliphatic carbocycles. The number of fused-ring (bicyclic) bond motifs is 8. The molecular weight excluding hydrogens is 1500 g/mol. The molecule has 35 nitrogen and oxygen atoms in total. The van der Waals surface area contributed by atoms with Gasteiger partial charge in [0.25, 0.3) is 94.5 Å². The SMILES string of the molecule is C=O.CN1C(=O)c2ccc(C(=O)Oc3ccc4c(c3CO)C(=O)N(C)C4=O)cc2C1=O.CN1C(=O)c2ccc(C(=O)Oc3ccc4c(c3N)C(=O)N(C)C4=O)cc2C1=O.Cc1c(OC(=O)c2ccc3c(c2)C(=O)N(C)C3=O)ccc2c1C(=O)N(C)C2=O.Cc1c(OC(=O)c2ccc3c(c2)C(=O)N(C)C3=O)ccc2c1C(=O)N(C)C2=O. The second kappa shape index (κ2) is 29.5. The van der Waals surface area contributed by atoms with Crippen LogP contribution >= 0.6 is 0 Å². The average molecular weight is 1560 g/mol. The monoisotopic (exact) mass is 1560 g/mol. The second-order valence-corrected chi connectivity index (χ2v) is 26.2. The second-order valence-electron chi connectivity index (χ2n) is 26.2. The van der Waals surface area contributed by atoms with Crippen molar-refractivity contribution in [1.29, 1.82) is 0 Å². The van der Waals surface area contributed by atoms with E-state index >= 15 is 0 Å². The molecule has 0 fully saturated rings. The lowest BCUT2D eigenvalue weighted by molar-refractivity contribution is -0.0980. The number of esters is 4. The maximum atomic E-state index is 12.6. The van der Waals surface area contributed by atoms with Gasteiger partial charge in [0.15, 0.2) is 5.75 Å². The van der Waals surface area contributed by atoms with Gasteiger partial charge in [0.05, 0.1) is 124 Å². The average Bonchev–Trinajstić information content (AvgIpc) is 1.64. The molecule has 8 heterocycles. The molecule has 3 N–H and O–H groups in total. The maximum absolute atomic E-state index is 12.6. The van der Waals surface area contributed by atoms with Crippen molar-refractivity contribution >= 4 is 131 Å². The number of benzene rings is 8. The number of hydrogen-bond donors (Lipinski definition) is 2. The van der Waals surface area contributed by atoms with Crippen molar-refractivity contribution in [1.82, 2.24) is 39.2 Å². The van der Waals surface area contributed by atoms with Crippen LogP contribution in [0.5, 0.6) is 23.0 Å². The number of nitrogens with two attached hydrogens (primary N) is 1. The molecule has 0 saturated heterocycles. The fourth-order valence-corrected chi connectivity index (χ4v) is 13.3. The van der Waals surface area contributed by atoms with E-state index < -0.39 is 125 Å². The molecule has 16 rings (SSSR count). The van der Waals surface area contributed by atoms with Crippen LogP contribution in [0, 0.1) is 13.8 Å². The minimum Gasteiger partial charge on any atom is -0.423 e. The number of hydrogen-bond acceptors (Lipinski definition) is 27. The molecule has 8 aromatic rings. The summed E-state index contributed by atoms with van der Waals surface area (Å²) in [7, 11) is 10.8. The number of amides is 16. The Morgan fingerprint density at radius 2 is 0.478 bits per heavy atom. The van der Waals surface area contributed by atoms with Gasteiger partial charge in [0.1, 0.15) is 24.0 Å². The van der Waals surface area contributed by atoms with Gasteiger partial charge >= 0.3 is 23.9 Å². The van der Waals surface area contributed by atoms with Crippen LogP contribution in [0.25, 0.3) is 0 Å². The number of carbonyl (C=O) groups is 21. The Balaban J connectivity index is 0.000000141. The maximum Gasteiger partial charge on any atom is 0.343 e. The van der Waals surface area contributed by atoms with E-state index in [4.69, 9.17) is 29.5 Å². The third-order valence-electron chi connectivity index (χ3n) is 19.8. The minimum atomic E-state index is -0.845. The van der Waals surface area contributed by atoms with Crippen LogP contribution in [-0.4, -0.2) is 226 Å². The van der Waals surface area contributed by atoms with Gasteiger partial charge in [-0.15, -0.1) is 0 Å². The largest absolute Gasteiger partial charge is 0.423 e. The number of carbonyl (C=O) groups excluding carboxylic acids is 21. The topological polar surface area (TPSA) is 468 Å². The van der Waals surface area contributed by atoms with Crippen molar-refractivity contribution < 1.29 is 125 Å². The van der Waals surface area contributed by atoms with Crippen molar-refractivity contribution in [2.24, 2.45) is 0 Å². The van der Waals surface area contributed by atoms with E-state index in [1.54, 1.807) is 13.8 Å². The molecule has 115 heavy (non-hydrogen) atoms. The lowest BCUT2D eigenvalue weighted by Crippen LogP contribution is -2.24. The first-order chi connectivity index (χ1) is 54.4. The number of ether oxygens (including phenoxy) is 4. The van der Waals surface area contributed by atoms with Crippen LogP contribution in [0.1, 0.15) is 224 Å². The first-order valence-electron chi connectivity index (χ1n) is 33.7. The number of aliphatic hydroxyl groups is 1. The highest BCUT2D eigenvalue weighted by molar-refractivity contribution is 6.28. The predicted molar refractivity (Wildman–Crippen MR) is 390 cm³/mol. The number of aliphatic hydroxyl groups excluding tert-OH is 1. The van der Waals surface area contributed by atoms with Gasteiger partial charge in [-0.25, -0.2) is 19.2 Å². The highest BCUT2D eigenvalue weighted by Gasteiger charge is 2.43. The highest BCUT2D eigenvalue weighted by atomic mass is 16.5. The summed E-state index contributed by atoms with van der Waals surface area (Å²) in [5, 5.41) is 9.72. The summed E-state index contributed by atoms with van der Waals surface area (Å²) in [5.74, 6) is -10.8. The van der Waals surface area contributed by atoms with E-state index in [0.717, 1.165) is 39.2 Å². The summed E-state index contributed by atoms with van der Waals surface area (Å²) >= 11 is 0. The van der Waals surface area contributed by atoms with E-state index in [1.165, 1.54) is 178 Å². The van der Waals surface area contributed by atoms with Crippen molar-refractivity contribution in [3.05, 3.63) is 249 Å². The van der Waals surface area contributed by atoms with Crippen molar-refractivity contribution in [3.8, 4) is 23.0 Å². The standard InChI is InChI=1S/C20H14N2O7.2C20H14N2O6.C19H13N3O6.CH2O/c1-21-16(24)10-4-3-9(7-12(10)18(21)26)20(28)29-14-6-5-11-15(13(14)8-23)19(27)22(2)17(11)25;2*1-9-14(7-6-12-15(9)19(26)22(3)17(12)24)28-20(27)10-4-5-11-13(8-10)18(25)21(2)16(11)23;1-21-15(23)9-4-3-8(7-11(9)17(21)25)19(27)28-12-6-5-10-13(14(12)20)18(26)22(2)16(10)24;1-2/h3-7,23H,8H2,1-2H3;2*4-8H,1-3H3;3-7H,20H2,1-2H3;1H2.